The lowest BCUT2D eigenvalue weighted by Gasteiger charge is -2.35. The molecule has 0 bridgehead atoms. The van der Waals surface area contributed by atoms with Gasteiger partial charge in [-0.15, -0.1) is 0 Å². The molecule has 0 spiro atoms. The minimum absolute atomic E-state index is 0.0947. The molecular formula is C18H28N4O. The van der Waals surface area contributed by atoms with E-state index in [2.05, 4.69) is 21.8 Å². The van der Waals surface area contributed by atoms with Crippen LogP contribution in [0.2, 0.25) is 0 Å². The summed E-state index contributed by atoms with van der Waals surface area (Å²) in [4.78, 5) is 23.8. The lowest BCUT2D eigenvalue weighted by Crippen LogP contribution is -2.44. The average molecular weight is 316 g/mol. The highest BCUT2D eigenvalue weighted by Gasteiger charge is 2.25. The van der Waals surface area contributed by atoms with Gasteiger partial charge in [-0.3, -0.25) is 4.79 Å². The van der Waals surface area contributed by atoms with E-state index in [0.29, 0.717) is 11.6 Å². The maximum atomic E-state index is 12.7. The highest BCUT2D eigenvalue weighted by atomic mass is 16.2. The fourth-order valence-electron chi connectivity index (χ4n) is 3.57. The minimum Gasteiger partial charge on any atom is -0.357 e. The first-order valence-electron chi connectivity index (χ1n) is 8.82. The number of carbonyl (C=O) groups is 1. The topological polar surface area (TPSA) is 39.7 Å². The number of likely N-dealkylation sites (tertiary alicyclic amines) is 1. The van der Waals surface area contributed by atoms with Crippen LogP contribution in [0.5, 0.6) is 0 Å². The fraction of sp³-hybridized carbons (Fsp3) is 0.667. The van der Waals surface area contributed by atoms with Gasteiger partial charge in [-0.1, -0.05) is 0 Å². The molecule has 0 aliphatic carbocycles. The first-order valence-corrected chi connectivity index (χ1v) is 8.82. The quantitative estimate of drug-likeness (QED) is 0.857. The molecule has 2 saturated heterocycles. The Morgan fingerprint density at radius 1 is 1.13 bits per heavy atom. The molecule has 5 heteroatoms. The van der Waals surface area contributed by atoms with Gasteiger partial charge >= 0.3 is 0 Å². The Balaban J connectivity index is 1.62. The van der Waals surface area contributed by atoms with Crippen LogP contribution < -0.4 is 4.90 Å². The zero-order chi connectivity index (χ0) is 16.2. The van der Waals surface area contributed by atoms with Crippen molar-refractivity contribution in [1.29, 1.82) is 0 Å². The lowest BCUT2D eigenvalue weighted by molar-refractivity contribution is 0.0659. The SMILES string of the molecule is CN1CCC(N(C)C(=O)c2ccc(N3CCCCC3)nc2)CC1. The van der Waals surface area contributed by atoms with Crippen LogP contribution in [0, 0.1) is 0 Å². The molecule has 0 saturated carbocycles. The molecule has 1 aromatic rings. The highest BCUT2D eigenvalue weighted by molar-refractivity contribution is 5.94. The molecule has 23 heavy (non-hydrogen) atoms. The summed E-state index contributed by atoms with van der Waals surface area (Å²) in [6.07, 6.45) is 7.64. The molecule has 3 rings (SSSR count). The molecule has 2 aliphatic rings. The van der Waals surface area contributed by atoms with Gasteiger partial charge in [0, 0.05) is 32.4 Å². The number of aromatic nitrogens is 1. The standard InChI is InChI=1S/C18H28N4O/c1-20-12-8-16(9-13-20)21(2)18(23)15-6-7-17(19-14-15)22-10-4-3-5-11-22/h6-7,14,16H,3-5,8-13H2,1-2H3. The van der Waals surface area contributed by atoms with Crippen molar-refractivity contribution in [2.24, 2.45) is 0 Å². The summed E-state index contributed by atoms with van der Waals surface area (Å²) in [5.74, 6) is 1.10. The number of nitrogens with zero attached hydrogens (tertiary/aromatic N) is 4. The molecule has 0 radical (unpaired) electrons. The van der Waals surface area contributed by atoms with Gasteiger partial charge < -0.3 is 14.7 Å². The third-order valence-corrected chi connectivity index (χ3v) is 5.23. The van der Waals surface area contributed by atoms with E-state index in [0.717, 1.165) is 44.8 Å². The predicted molar refractivity (Wildman–Crippen MR) is 92.9 cm³/mol. The lowest BCUT2D eigenvalue weighted by atomic mass is 10.0. The van der Waals surface area contributed by atoms with Gasteiger partial charge in [0.1, 0.15) is 5.82 Å². The maximum Gasteiger partial charge on any atom is 0.255 e. The summed E-state index contributed by atoms with van der Waals surface area (Å²) in [5, 5.41) is 0. The smallest absolute Gasteiger partial charge is 0.255 e. The van der Waals surface area contributed by atoms with Gasteiger partial charge in [-0.25, -0.2) is 4.98 Å². The van der Waals surface area contributed by atoms with Crippen molar-refractivity contribution in [3.05, 3.63) is 23.9 Å². The molecule has 0 aromatic carbocycles. The number of piperidine rings is 2. The van der Waals surface area contributed by atoms with Crippen molar-refractivity contribution < 1.29 is 4.79 Å². The van der Waals surface area contributed by atoms with Crippen LogP contribution in [-0.2, 0) is 0 Å². The van der Waals surface area contributed by atoms with Gasteiger partial charge in [-0.05, 0) is 64.4 Å². The average Bonchev–Trinajstić information content (AvgIpc) is 2.62. The van der Waals surface area contributed by atoms with Crippen molar-refractivity contribution in [3.63, 3.8) is 0 Å². The van der Waals surface area contributed by atoms with Crippen LogP contribution in [0.25, 0.3) is 0 Å². The zero-order valence-corrected chi connectivity index (χ0v) is 14.4. The molecule has 0 atom stereocenters. The van der Waals surface area contributed by atoms with Crippen molar-refractivity contribution in [2.45, 2.75) is 38.1 Å². The van der Waals surface area contributed by atoms with E-state index in [-0.39, 0.29) is 5.91 Å². The molecular weight excluding hydrogens is 288 g/mol. The normalized spacial score (nSPS) is 20.5. The summed E-state index contributed by atoms with van der Waals surface area (Å²) in [6.45, 7) is 4.29. The van der Waals surface area contributed by atoms with Crippen LogP contribution in [0.3, 0.4) is 0 Å². The van der Waals surface area contributed by atoms with E-state index in [4.69, 9.17) is 0 Å². The summed E-state index contributed by atoms with van der Waals surface area (Å²) in [6, 6.07) is 4.28. The number of amides is 1. The molecule has 2 aliphatic heterocycles. The Kier molecular flexibility index (Phi) is 5.16. The Hall–Kier alpha value is -1.62. The van der Waals surface area contributed by atoms with Crippen molar-refractivity contribution >= 4 is 11.7 Å². The van der Waals surface area contributed by atoms with Crippen LogP contribution >= 0.6 is 0 Å². The number of pyridine rings is 1. The van der Waals surface area contributed by atoms with Crippen molar-refractivity contribution in [2.75, 3.05) is 45.2 Å². The number of hydrogen-bond donors (Lipinski definition) is 0. The monoisotopic (exact) mass is 316 g/mol. The minimum atomic E-state index is 0.0947. The highest BCUT2D eigenvalue weighted by Crippen LogP contribution is 2.20. The van der Waals surface area contributed by atoms with E-state index in [1.807, 2.05) is 24.1 Å². The number of rotatable bonds is 3. The summed E-state index contributed by atoms with van der Waals surface area (Å²) in [7, 11) is 4.07. The molecule has 126 valence electrons. The van der Waals surface area contributed by atoms with Gasteiger partial charge in [0.25, 0.3) is 5.91 Å². The fourth-order valence-corrected chi connectivity index (χ4v) is 3.57. The maximum absolute atomic E-state index is 12.7. The Morgan fingerprint density at radius 3 is 2.43 bits per heavy atom. The number of anilines is 1. The third kappa shape index (κ3) is 3.83. The first-order chi connectivity index (χ1) is 11.1. The van der Waals surface area contributed by atoms with Gasteiger partial charge in [-0.2, -0.15) is 0 Å². The largest absolute Gasteiger partial charge is 0.357 e. The van der Waals surface area contributed by atoms with Crippen molar-refractivity contribution in [1.82, 2.24) is 14.8 Å². The van der Waals surface area contributed by atoms with E-state index < -0.39 is 0 Å². The molecule has 0 unspecified atom stereocenters. The Morgan fingerprint density at radius 2 is 1.83 bits per heavy atom. The van der Waals surface area contributed by atoms with E-state index >= 15 is 0 Å². The molecule has 5 nitrogen and oxygen atoms in total. The molecule has 2 fully saturated rings. The van der Waals surface area contributed by atoms with E-state index in [1.165, 1.54) is 19.3 Å². The number of hydrogen-bond acceptors (Lipinski definition) is 4. The molecule has 1 aromatic heterocycles. The summed E-state index contributed by atoms with van der Waals surface area (Å²) in [5.41, 5.74) is 0.701. The van der Waals surface area contributed by atoms with Crippen molar-refractivity contribution in [3.8, 4) is 0 Å². The van der Waals surface area contributed by atoms with Gasteiger partial charge in [0.05, 0.1) is 5.56 Å². The van der Waals surface area contributed by atoms with Crippen LogP contribution in [0.1, 0.15) is 42.5 Å². The van der Waals surface area contributed by atoms with Crippen LogP contribution in [0.4, 0.5) is 5.82 Å². The second-order valence-corrected chi connectivity index (χ2v) is 6.90. The predicted octanol–water partition coefficient (Wildman–Crippen LogP) is 2.24. The molecule has 0 N–H and O–H groups in total. The summed E-state index contributed by atoms with van der Waals surface area (Å²) < 4.78 is 0. The Labute approximate surface area is 139 Å². The molecule has 3 heterocycles. The third-order valence-electron chi connectivity index (χ3n) is 5.23. The second-order valence-electron chi connectivity index (χ2n) is 6.90. The molecule has 1 amide bonds. The second kappa shape index (κ2) is 7.30. The van der Waals surface area contributed by atoms with E-state index in [9.17, 15) is 4.79 Å². The van der Waals surface area contributed by atoms with Crippen LogP contribution in [-0.4, -0.2) is 67.0 Å². The zero-order valence-electron chi connectivity index (χ0n) is 14.4. The van der Waals surface area contributed by atoms with E-state index in [1.54, 1.807) is 6.20 Å². The summed E-state index contributed by atoms with van der Waals surface area (Å²) >= 11 is 0. The van der Waals surface area contributed by atoms with Crippen LogP contribution in [0.15, 0.2) is 18.3 Å². The number of carbonyl (C=O) groups excluding carboxylic acids is 1. The first kappa shape index (κ1) is 16.2. The van der Waals surface area contributed by atoms with Gasteiger partial charge in [0.15, 0.2) is 0 Å². The Bertz CT molecular complexity index is 516. The van der Waals surface area contributed by atoms with Gasteiger partial charge in [0.2, 0.25) is 0 Å².